The molecule has 1 amide bonds. The Kier molecular flexibility index (Phi) is 7.43. The molecule has 3 aromatic rings. The van der Waals surface area contributed by atoms with Crippen LogP contribution in [0.5, 0.6) is 0 Å². The highest BCUT2D eigenvalue weighted by Crippen LogP contribution is 2.33. The lowest BCUT2D eigenvalue weighted by molar-refractivity contribution is 0.102. The van der Waals surface area contributed by atoms with Crippen molar-refractivity contribution in [3.8, 4) is 0 Å². The number of hydrogen-bond donors (Lipinski definition) is 3. The average Bonchev–Trinajstić information content (AvgIpc) is 3.39. The van der Waals surface area contributed by atoms with Gasteiger partial charge in [-0.3, -0.25) is 10.1 Å². The predicted molar refractivity (Wildman–Crippen MR) is 127 cm³/mol. The topological polar surface area (TPSA) is 95.6 Å². The Balaban J connectivity index is 1.77. The Morgan fingerprint density at radius 1 is 1.00 bits per heavy atom. The number of H-pyrrole nitrogens is 1. The summed E-state index contributed by atoms with van der Waals surface area (Å²) >= 11 is 1.34. The third kappa shape index (κ3) is 5.70. The molecule has 7 nitrogen and oxygen atoms in total. The Labute approximate surface area is 188 Å². The first-order chi connectivity index (χ1) is 14.8. The fourth-order valence-electron chi connectivity index (χ4n) is 3.45. The summed E-state index contributed by atoms with van der Waals surface area (Å²) in [5.74, 6) is 0.769. The first-order valence-electron chi connectivity index (χ1n) is 10.8. The molecule has 31 heavy (non-hydrogen) atoms. The summed E-state index contributed by atoms with van der Waals surface area (Å²) < 4.78 is 0. The van der Waals surface area contributed by atoms with Crippen LogP contribution in [-0.4, -0.2) is 32.6 Å². The van der Waals surface area contributed by atoms with Crippen molar-refractivity contribution in [1.29, 1.82) is 0 Å². The van der Waals surface area contributed by atoms with Crippen LogP contribution in [0.4, 0.5) is 10.3 Å². The Morgan fingerprint density at radius 2 is 1.65 bits per heavy atom. The zero-order valence-corrected chi connectivity index (χ0v) is 19.9. The lowest BCUT2D eigenvalue weighted by atomic mass is 9.84. The molecule has 2 aromatic heterocycles. The SMILES string of the molecule is CC(C)c1cc(C(C)C)c(C(=O)Nc2nnc(NCCc3cnc[nH]3)s2)c(C(C)C)c1. The van der Waals surface area contributed by atoms with Crippen LogP contribution in [0.1, 0.15) is 92.0 Å². The second kappa shape index (κ2) is 10.0. The second-order valence-electron chi connectivity index (χ2n) is 8.66. The minimum Gasteiger partial charge on any atom is -0.360 e. The average molecular weight is 441 g/mol. The molecule has 2 heterocycles. The largest absolute Gasteiger partial charge is 0.360 e. The summed E-state index contributed by atoms with van der Waals surface area (Å²) in [5, 5.41) is 15.7. The van der Waals surface area contributed by atoms with Gasteiger partial charge in [0.15, 0.2) is 0 Å². The van der Waals surface area contributed by atoms with Gasteiger partial charge in [0.25, 0.3) is 5.91 Å². The van der Waals surface area contributed by atoms with Gasteiger partial charge in [0, 0.05) is 30.4 Å². The van der Waals surface area contributed by atoms with Gasteiger partial charge < -0.3 is 10.3 Å². The van der Waals surface area contributed by atoms with Crippen molar-refractivity contribution < 1.29 is 4.79 Å². The maximum atomic E-state index is 13.3. The van der Waals surface area contributed by atoms with Crippen molar-refractivity contribution in [3.05, 3.63) is 52.6 Å². The third-order valence-corrected chi connectivity index (χ3v) is 6.03. The molecule has 3 rings (SSSR count). The highest BCUT2D eigenvalue weighted by Gasteiger charge is 2.23. The van der Waals surface area contributed by atoms with Gasteiger partial charge >= 0.3 is 0 Å². The zero-order valence-electron chi connectivity index (χ0n) is 19.1. The Hall–Kier alpha value is -2.74. The van der Waals surface area contributed by atoms with Crippen LogP contribution in [-0.2, 0) is 6.42 Å². The van der Waals surface area contributed by atoms with Gasteiger partial charge in [-0.25, -0.2) is 4.98 Å². The highest BCUT2D eigenvalue weighted by atomic mass is 32.1. The molecular formula is C23H32N6OS. The van der Waals surface area contributed by atoms with Gasteiger partial charge in [-0.2, -0.15) is 0 Å². The minimum absolute atomic E-state index is 0.122. The fraction of sp³-hybridized carbons (Fsp3) is 0.478. The van der Waals surface area contributed by atoms with Crippen LogP contribution in [0, 0.1) is 0 Å². The molecule has 0 aliphatic carbocycles. The number of aromatic nitrogens is 4. The number of nitrogens with zero attached hydrogens (tertiary/aromatic N) is 3. The number of amides is 1. The van der Waals surface area contributed by atoms with Crippen LogP contribution in [0.15, 0.2) is 24.7 Å². The molecule has 1 aromatic carbocycles. The molecule has 0 saturated heterocycles. The van der Waals surface area contributed by atoms with Gasteiger partial charge in [-0.15, -0.1) is 10.2 Å². The molecular weight excluding hydrogens is 408 g/mol. The van der Waals surface area contributed by atoms with Crippen LogP contribution < -0.4 is 10.6 Å². The number of carbonyl (C=O) groups excluding carboxylic acids is 1. The van der Waals surface area contributed by atoms with Crippen molar-refractivity contribution in [2.45, 2.75) is 65.7 Å². The predicted octanol–water partition coefficient (Wildman–Crippen LogP) is 5.54. The molecule has 0 radical (unpaired) electrons. The van der Waals surface area contributed by atoms with Crippen molar-refractivity contribution in [2.24, 2.45) is 0 Å². The first kappa shape index (κ1) is 22.9. The van der Waals surface area contributed by atoms with E-state index >= 15 is 0 Å². The second-order valence-corrected chi connectivity index (χ2v) is 9.64. The lowest BCUT2D eigenvalue weighted by Gasteiger charge is -2.22. The van der Waals surface area contributed by atoms with Crippen molar-refractivity contribution in [3.63, 3.8) is 0 Å². The molecule has 0 unspecified atom stereocenters. The van der Waals surface area contributed by atoms with Crippen molar-refractivity contribution >= 4 is 27.5 Å². The molecule has 3 N–H and O–H groups in total. The Morgan fingerprint density at radius 3 is 2.19 bits per heavy atom. The number of aromatic amines is 1. The van der Waals surface area contributed by atoms with E-state index in [1.807, 2.05) is 0 Å². The van der Waals surface area contributed by atoms with Gasteiger partial charge in [0.05, 0.1) is 6.33 Å². The molecule has 0 saturated carbocycles. The van der Waals surface area contributed by atoms with Crippen LogP contribution >= 0.6 is 11.3 Å². The monoisotopic (exact) mass is 440 g/mol. The molecule has 0 fully saturated rings. The van der Waals surface area contributed by atoms with E-state index in [-0.39, 0.29) is 17.7 Å². The molecule has 0 aliphatic rings. The summed E-state index contributed by atoms with van der Waals surface area (Å²) in [7, 11) is 0. The Bertz CT molecular complexity index is 978. The molecule has 0 bridgehead atoms. The first-order valence-corrected chi connectivity index (χ1v) is 11.6. The van der Waals surface area contributed by atoms with Crippen LogP contribution in [0.2, 0.25) is 0 Å². The smallest absolute Gasteiger partial charge is 0.258 e. The van der Waals surface area contributed by atoms with E-state index < -0.39 is 0 Å². The number of benzene rings is 1. The summed E-state index contributed by atoms with van der Waals surface area (Å²) in [6.07, 6.45) is 4.27. The quantitative estimate of drug-likeness (QED) is 0.406. The summed E-state index contributed by atoms with van der Waals surface area (Å²) in [4.78, 5) is 20.4. The number of anilines is 2. The summed E-state index contributed by atoms with van der Waals surface area (Å²) in [6.45, 7) is 13.6. The summed E-state index contributed by atoms with van der Waals surface area (Å²) in [6, 6.07) is 4.36. The number of rotatable bonds is 9. The molecule has 0 spiro atoms. The van der Waals surface area contributed by atoms with Gasteiger partial charge in [0.2, 0.25) is 10.3 Å². The maximum absolute atomic E-state index is 13.3. The van der Waals surface area contributed by atoms with Crippen molar-refractivity contribution in [2.75, 3.05) is 17.2 Å². The molecule has 166 valence electrons. The number of imidazole rings is 1. The van der Waals surface area contributed by atoms with E-state index in [0.29, 0.717) is 22.7 Å². The van der Waals surface area contributed by atoms with E-state index in [0.717, 1.165) is 28.8 Å². The van der Waals surface area contributed by atoms with E-state index in [4.69, 9.17) is 0 Å². The summed E-state index contributed by atoms with van der Waals surface area (Å²) in [5.41, 5.74) is 5.24. The van der Waals surface area contributed by atoms with E-state index in [9.17, 15) is 4.79 Å². The van der Waals surface area contributed by atoms with Crippen LogP contribution in [0.25, 0.3) is 0 Å². The lowest BCUT2D eigenvalue weighted by Crippen LogP contribution is -2.19. The standard InChI is InChI=1S/C23H32N6OS/c1-13(2)16-9-18(14(3)4)20(19(10-16)15(5)6)21(30)27-23-29-28-22(31-23)25-8-7-17-11-24-12-26-17/h9-15H,7-8H2,1-6H3,(H,24,26)(H,25,28)(H,27,29,30). The highest BCUT2D eigenvalue weighted by molar-refractivity contribution is 7.19. The normalized spacial score (nSPS) is 11.5. The number of hydrogen-bond acceptors (Lipinski definition) is 6. The molecule has 0 atom stereocenters. The molecule has 8 heteroatoms. The van der Waals surface area contributed by atoms with Gasteiger partial charge in [-0.1, -0.05) is 65.0 Å². The fourth-order valence-corrected chi connectivity index (χ4v) is 4.11. The number of carbonyl (C=O) groups is 1. The zero-order chi connectivity index (χ0) is 22.5. The maximum Gasteiger partial charge on any atom is 0.258 e. The van der Waals surface area contributed by atoms with Crippen molar-refractivity contribution in [1.82, 2.24) is 20.2 Å². The number of nitrogens with one attached hydrogen (secondary N) is 3. The minimum atomic E-state index is -0.122. The van der Waals surface area contributed by atoms with E-state index in [1.54, 1.807) is 12.5 Å². The van der Waals surface area contributed by atoms with E-state index in [1.165, 1.54) is 16.9 Å². The van der Waals surface area contributed by atoms with Gasteiger partial charge in [-0.05, 0) is 34.4 Å². The molecule has 0 aliphatic heterocycles. The van der Waals surface area contributed by atoms with Crippen LogP contribution in [0.3, 0.4) is 0 Å². The van der Waals surface area contributed by atoms with Gasteiger partial charge in [0.1, 0.15) is 0 Å². The third-order valence-electron chi connectivity index (χ3n) is 5.23. The van der Waals surface area contributed by atoms with E-state index in [2.05, 4.69) is 84.5 Å².